The molecular formula is C15H24N2O2. The number of hydrogen-bond acceptors (Lipinski definition) is 3. The molecule has 0 spiro atoms. The van der Waals surface area contributed by atoms with Gasteiger partial charge in [0.2, 0.25) is 0 Å². The van der Waals surface area contributed by atoms with Crippen LogP contribution in [0.2, 0.25) is 0 Å². The maximum absolute atomic E-state index is 11.2. The second-order valence-electron chi connectivity index (χ2n) is 5.06. The Morgan fingerprint density at radius 1 is 1.26 bits per heavy atom. The average molecular weight is 264 g/mol. The topological polar surface area (TPSA) is 50.4 Å². The van der Waals surface area contributed by atoms with E-state index < -0.39 is 0 Å². The molecule has 0 saturated heterocycles. The number of carbonyl (C=O) groups excluding carboxylic acids is 1. The normalized spacial score (nSPS) is 10.6. The van der Waals surface area contributed by atoms with Crippen LogP contribution >= 0.6 is 0 Å². The number of hydrogen-bond donors (Lipinski definition) is 2. The highest BCUT2D eigenvalue weighted by atomic mass is 16.5. The van der Waals surface area contributed by atoms with Crippen molar-refractivity contribution in [1.82, 2.24) is 10.6 Å². The number of ether oxygens (including phenoxy) is 1. The van der Waals surface area contributed by atoms with Gasteiger partial charge in [0, 0.05) is 19.6 Å². The Morgan fingerprint density at radius 3 is 2.32 bits per heavy atom. The van der Waals surface area contributed by atoms with E-state index in [1.165, 1.54) is 5.56 Å². The first-order valence-electron chi connectivity index (χ1n) is 6.61. The third-order valence-electron chi connectivity index (χ3n) is 2.86. The number of benzene rings is 1. The van der Waals surface area contributed by atoms with Crippen molar-refractivity contribution < 1.29 is 9.53 Å². The number of nitrogens with one attached hydrogen (secondary N) is 2. The predicted octanol–water partition coefficient (Wildman–Crippen LogP) is 1.93. The van der Waals surface area contributed by atoms with Gasteiger partial charge in [-0.25, -0.2) is 0 Å². The van der Waals surface area contributed by atoms with E-state index in [-0.39, 0.29) is 12.5 Å². The molecule has 1 amide bonds. The van der Waals surface area contributed by atoms with Gasteiger partial charge in [-0.05, 0) is 30.5 Å². The summed E-state index contributed by atoms with van der Waals surface area (Å²) in [4.78, 5) is 11.2. The second kappa shape index (κ2) is 7.14. The SMILES string of the molecule is CNC(=O)COc1c(C)cc(CNC(C)C)cc1C. The molecule has 4 heteroatoms. The number of amides is 1. The molecule has 2 N–H and O–H groups in total. The quantitative estimate of drug-likeness (QED) is 0.825. The van der Waals surface area contributed by atoms with Crippen LogP contribution in [0.3, 0.4) is 0 Å². The van der Waals surface area contributed by atoms with E-state index in [2.05, 4.69) is 36.6 Å². The summed E-state index contributed by atoms with van der Waals surface area (Å²) in [7, 11) is 1.60. The first kappa shape index (κ1) is 15.5. The zero-order valence-electron chi connectivity index (χ0n) is 12.5. The van der Waals surface area contributed by atoms with Crippen LogP contribution < -0.4 is 15.4 Å². The minimum atomic E-state index is -0.121. The Hall–Kier alpha value is -1.55. The van der Waals surface area contributed by atoms with Crippen LogP contribution in [0.4, 0.5) is 0 Å². The van der Waals surface area contributed by atoms with Gasteiger partial charge in [0.25, 0.3) is 5.91 Å². The van der Waals surface area contributed by atoms with Gasteiger partial charge in [0.1, 0.15) is 5.75 Å². The fourth-order valence-corrected chi connectivity index (χ4v) is 1.90. The standard InChI is InChI=1S/C15H24N2O2/c1-10(2)17-8-13-6-11(3)15(12(4)7-13)19-9-14(18)16-5/h6-7,10,17H,8-9H2,1-5H3,(H,16,18). The lowest BCUT2D eigenvalue weighted by Gasteiger charge is -2.15. The minimum absolute atomic E-state index is 0.0573. The molecule has 0 radical (unpaired) electrons. The fraction of sp³-hybridized carbons (Fsp3) is 0.533. The smallest absolute Gasteiger partial charge is 0.257 e. The average Bonchev–Trinajstić information content (AvgIpc) is 2.34. The van der Waals surface area contributed by atoms with Crippen molar-refractivity contribution in [2.45, 2.75) is 40.3 Å². The minimum Gasteiger partial charge on any atom is -0.483 e. The monoisotopic (exact) mass is 264 g/mol. The van der Waals surface area contributed by atoms with E-state index >= 15 is 0 Å². The number of likely N-dealkylation sites (N-methyl/N-ethyl adjacent to an activating group) is 1. The molecule has 0 aliphatic rings. The van der Waals surface area contributed by atoms with E-state index in [0.29, 0.717) is 6.04 Å². The van der Waals surface area contributed by atoms with Crippen LogP contribution in [0.5, 0.6) is 5.75 Å². The Labute approximate surface area is 115 Å². The fourth-order valence-electron chi connectivity index (χ4n) is 1.90. The molecule has 4 nitrogen and oxygen atoms in total. The zero-order valence-corrected chi connectivity index (χ0v) is 12.5. The summed E-state index contributed by atoms with van der Waals surface area (Å²) in [6.07, 6.45) is 0. The zero-order chi connectivity index (χ0) is 14.4. The molecule has 1 aromatic rings. The summed E-state index contributed by atoms with van der Waals surface area (Å²) in [5, 5.41) is 5.93. The molecule has 0 unspecified atom stereocenters. The van der Waals surface area contributed by atoms with E-state index in [9.17, 15) is 4.79 Å². The van der Waals surface area contributed by atoms with Crippen molar-refractivity contribution in [3.63, 3.8) is 0 Å². The van der Waals surface area contributed by atoms with Gasteiger partial charge in [0.15, 0.2) is 6.61 Å². The third kappa shape index (κ3) is 4.91. The van der Waals surface area contributed by atoms with Gasteiger partial charge in [-0.15, -0.1) is 0 Å². The van der Waals surface area contributed by atoms with Crippen molar-refractivity contribution in [1.29, 1.82) is 0 Å². The molecule has 0 aromatic heterocycles. The van der Waals surface area contributed by atoms with E-state index in [1.807, 2.05) is 13.8 Å². The number of carbonyl (C=O) groups is 1. The summed E-state index contributed by atoms with van der Waals surface area (Å²) in [5.41, 5.74) is 3.35. The van der Waals surface area contributed by atoms with Crippen molar-refractivity contribution in [3.8, 4) is 5.75 Å². The second-order valence-corrected chi connectivity index (χ2v) is 5.06. The Bertz CT molecular complexity index is 419. The molecular weight excluding hydrogens is 240 g/mol. The van der Waals surface area contributed by atoms with Gasteiger partial charge in [-0.2, -0.15) is 0 Å². The molecule has 0 atom stereocenters. The lowest BCUT2D eigenvalue weighted by molar-refractivity contribution is -0.122. The largest absolute Gasteiger partial charge is 0.483 e. The highest BCUT2D eigenvalue weighted by Crippen LogP contribution is 2.24. The Balaban J connectivity index is 2.76. The van der Waals surface area contributed by atoms with Crippen LogP contribution in [0.15, 0.2) is 12.1 Å². The molecule has 0 aliphatic carbocycles. The van der Waals surface area contributed by atoms with Crippen molar-refractivity contribution in [2.24, 2.45) is 0 Å². The highest BCUT2D eigenvalue weighted by molar-refractivity contribution is 5.77. The van der Waals surface area contributed by atoms with Gasteiger partial charge < -0.3 is 15.4 Å². The van der Waals surface area contributed by atoms with Crippen LogP contribution in [-0.2, 0) is 11.3 Å². The van der Waals surface area contributed by atoms with Gasteiger partial charge in [0.05, 0.1) is 0 Å². The van der Waals surface area contributed by atoms with E-state index in [0.717, 1.165) is 23.4 Å². The van der Waals surface area contributed by atoms with Crippen LogP contribution in [0.25, 0.3) is 0 Å². The maximum Gasteiger partial charge on any atom is 0.257 e. The summed E-state index contributed by atoms with van der Waals surface area (Å²) in [6, 6.07) is 4.66. The first-order chi connectivity index (χ1) is 8.93. The van der Waals surface area contributed by atoms with E-state index in [4.69, 9.17) is 4.74 Å². The van der Waals surface area contributed by atoms with Crippen LogP contribution in [0, 0.1) is 13.8 Å². The molecule has 1 rings (SSSR count). The first-order valence-corrected chi connectivity index (χ1v) is 6.61. The summed E-state index contributed by atoms with van der Waals surface area (Å²) in [5.74, 6) is 0.682. The van der Waals surface area contributed by atoms with Crippen molar-refractivity contribution in [2.75, 3.05) is 13.7 Å². The van der Waals surface area contributed by atoms with Crippen LogP contribution in [-0.4, -0.2) is 25.6 Å². The molecule has 0 saturated carbocycles. The molecule has 0 aliphatic heterocycles. The van der Waals surface area contributed by atoms with Gasteiger partial charge in [-0.3, -0.25) is 4.79 Å². The molecule has 0 fully saturated rings. The summed E-state index contributed by atoms with van der Waals surface area (Å²) in [6.45, 7) is 9.16. The van der Waals surface area contributed by atoms with Crippen molar-refractivity contribution in [3.05, 3.63) is 28.8 Å². The maximum atomic E-state index is 11.2. The molecule has 1 aromatic carbocycles. The Morgan fingerprint density at radius 2 is 1.84 bits per heavy atom. The highest BCUT2D eigenvalue weighted by Gasteiger charge is 2.08. The Kier molecular flexibility index (Phi) is 5.83. The van der Waals surface area contributed by atoms with Crippen molar-refractivity contribution >= 4 is 5.91 Å². The van der Waals surface area contributed by atoms with E-state index in [1.54, 1.807) is 7.05 Å². The van der Waals surface area contributed by atoms with Gasteiger partial charge >= 0.3 is 0 Å². The lowest BCUT2D eigenvalue weighted by Crippen LogP contribution is -2.25. The number of rotatable bonds is 6. The van der Waals surface area contributed by atoms with Gasteiger partial charge in [-0.1, -0.05) is 26.0 Å². The molecule has 19 heavy (non-hydrogen) atoms. The molecule has 0 bridgehead atoms. The third-order valence-corrected chi connectivity index (χ3v) is 2.86. The predicted molar refractivity (Wildman–Crippen MR) is 77.5 cm³/mol. The number of aryl methyl sites for hydroxylation is 2. The molecule has 106 valence electrons. The molecule has 0 heterocycles. The summed E-state index contributed by atoms with van der Waals surface area (Å²) < 4.78 is 5.57. The lowest BCUT2D eigenvalue weighted by atomic mass is 10.1. The summed E-state index contributed by atoms with van der Waals surface area (Å²) >= 11 is 0. The van der Waals surface area contributed by atoms with Crippen LogP contribution in [0.1, 0.15) is 30.5 Å².